The highest BCUT2D eigenvalue weighted by atomic mass is 35.5. The van der Waals surface area contributed by atoms with Crippen LogP contribution in [0.25, 0.3) is 0 Å². The zero-order valence-electron chi connectivity index (χ0n) is 11.2. The molecule has 5 heteroatoms. The lowest BCUT2D eigenvalue weighted by atomic mass is 10.1. The summed E-state index contributed by atoms with van der Waals surface area (Å²) < 4.78 is 1.70. The molecule has 0 spiro atoms. The van der Waals surface area contributed by atoms with Crippen LogP contribution in [0.4, 0.5) is 0 Å². The molecule has 1 heterocycles. The lowest BCUT2D eigenvalue weighted by Gasteiger charge is -2.04. The van der Waals surface area contributed by atoms with Crippen LogP contribution < -0.4 is 5.32 Å². The van der Waals surface area contributed by atoms with Crippen molar-refractivity contribution in [2.75, 3.05) is 0 Å². The summed E-state index contributed by atoms with van der Waals surface area (Å²) in [6, 6.07) is 9.93. The van der Waals surface area contributed by atoms with Crippen LogP contribution in [-0.4, -0.2) is 21.7 Å². The van der Waals surface area contributed by atoms with E-state index in [9.17, 15) is 4.79 Å². The van der Waals surface area contributed by atoms with Crippen molar-refractivity contribution in [3.63, 3.8) is 0 Å². The Bertz CT molecular complexity index is 638. The van der Waals surface area contributed by atoms with Gasteiger partial charge in [0.05, 0.1) is 12.1 Å². The van der Waals surface area contributed by atoms with Gasteiger partial charge in [0.1, 0.15) is 0 Å². The van der Waals surface area contributed by atoms with Gasteiger partial charge >= 0.3 is 0 Å². The number of nitrogens with one attached hydrogen (secondary N) is 1. The second-order valence-corrected chi connectivity index (χ2v) is 5.67. The summed E-state index contributed by atoms with van der Waals surface area (Å²) in [5, 5.41) is 8.00. The fourth-order valence-electron chi connectivity index (χ4n) is 2.44. The molecule has 1 saturated carbocycles. The van der Waals surface area contributed by atoms with E-state index in [-0.39, 0.29) is 11.9 Å². The summed E-state index contributed by atoms with van der Waals surface area (Å²) in [6.07, 6.45) is 3.16. The number of hydrogen-bond acceptors (Lipinski definition) is 2. The minimum absolute atomic E-state index is 0.0261. The molecule has 20 heavy (non-hydrogen) atoms. The third kappa shape index (κ3) is 3.02. The smallest absolute Gasteiger partial charge is 0.226 e. The lowest BCUT2D eigenvalue weighted by Crippen LogP contribution is -2.28. The molecule has 1 aliphatic rings. The van der Waals surface area contributed by atoms with Gasteiger partial charge in [-0.05, 0) is 30.2 Å². The highest BCUT2D eigenvalue weighted by Gasteiger charge is 2.39. The molecular weight excluding hydrogens is 274 g/mol. The second-order valence-electron chi connectivity index (χ2n) is 5.23. The Kier molecular flexibility index (Phi) is 3.49. The monoisotopic (exact) mass is 289 g/mol. The number of hydrogen-bond donors (Lipinski definition) is 1. The fraction of sp³-hybridized carbons (Fsp3) is 0.333. The van der Waals surface area contributed by atoms with Gasteiger partial charge in [-0.15, -0.1) is 0 Å². The lowest BCUT2D eigenvalue weighted by molar-refractivity contribution is -0.120. The van der Waals surface area contributed by atoms with Crippen LogP contribution in [0.3, 0.4) is 0 Å². The summed E-state index contributed by atoms with van der Waals surface area (Å²) in [4.78, 5) is 11.9. The third-order valence-electron chi connectivity index (χ3n) is 3.52. The number of carbonyl (C=O) groups excluding carboxylic acids is 1. The molecule has 3 rings (SSSR count). The maximum atomic E-state index is 11.9. The molecule has 2 aromatic rings. The standard InChI is InChI=1S/C15H16ClN3O/c1-19-6-5-12(18-19)8-15(20)17-14-9-13(14)10-3-2-4-11(16)7-10/h2-7,13-14H,8-9H2,1H3,(H,17,20)/t13-,14+/m0/s1. The SMILES string of the molecule is Cn1ccc(CC(=O)N[C@@H]2C[C@H]2c2cccc(Cl)c2)n1. The number of halogens is 1. The van der Waals surface area contributed by atoms with E-state index >= 15 is 0 Å². The zero-order chi connectivity index (χ0) is 14.1. The Morgan fingerprint density at radius 1 is 1.50 bits per heavy atom. The van der Waals surface area contributed by atoms with E-state index in [0.29, 0.717) is 12.3 Å². The van der Waals surface area contributed by atoms with Crippen LogP contribution in [0.1, 0.15) is 23.6 Å². The maximum absolute atomic E-state index is 11.9. The van der Waals surface area contributed by atoms with Crippen molar-refractivity contribution in [3.05, 3.63) is 52.8 Å². The first kappa shape index (κ1) is 13.2. The third-order valence-corrected chi connectivity index (χ3v) is 3.76. The van der Waals surface area contributed by atoms with Crippen LogP contribution >= 0.6 is 11.6 Å². The molecule has 1 aliphatic carbocycles. The largest absolute Gasteiger partial charge is 0.352 e. The molecule has 1 fully saturated rings. The molecule has 1 N–H and O–H groups in total. The van der Waals surface area contributed by atoms with Gasteiger partial charge in [-0.3, -0.25) is 9.48 Å². The Balaban J connectivity index is 1.54. The molecule has 1 amide bonds. The quantitative estimate of drug-likeness (QED) is 0.939. The van der Waals surface area contributed by atoms with E-state index in [1.54, 1.807) is 4.68 Å². The van der Waals surface area contributed by atoms with Crippen LogP contribution in [0.5, 0.6) is 0 Å². The molecule has 4 nitrogen and oxygen atoms in total. The fourth-order valence-corrected chi connectivity index (χ4v) is 2.64. The van der Waals surface area contributed by atoms with Gasteiger partial charge in [0.2, 0.25) is 5.91 Å². The van der Waals surface area contributed by atoms with Gasteiger partial charge in [-0.2, -0.15) is 5.10 Å². The molecule has 0 unspecified atom stereocenters. The Labute approximate surface area is 122 Å². The van der Waals surface area contributed by atoms with Crippen molar-refractivity contribution in [2.45, 2.75) is 24.8 Å². The molecule has 0 saturated heterocycles. The van der Waals surface area contributed by atoms with E-state index in [1.807, 2.05) is 37.5 Å². The van der Waals surface area contributed by atoms with Gasteiger partial charge in [-0.25, -0.2) is 0 Å². The normalized spacial score (nSPS) is 20.7. The second kappa shape index (κ2) is 5.29. The van der Waals surface area contributed by atoms with Crippen molar-refractivity contribution in [1.29, 1.82) is 0 Å². The first-order chi connectivity index (χ1) is 9.61. The van der Waals surface area contributed by atoms with Gasteiger partial charge in [0.15, 0.2) is 0 Å². The predicted molar refractivity (Wildman–Crippen MR) is 77.7 cm³/mol. The average molecular weight is 290 g/mol. The van der Waals surface area contributed by atoms with Crippen molar-refractivity contribution in [2.24, 2.45) is 7.05 Å². The van der Waals surface area contributed by atoms with Crippen LogP contribution in [0.15, 0.2) is 36.5 Å². The number of rotatable bonds is 4. The Hall–Kier alpha value is -1.81. The minimum atomic E-state index is 0.0261. The highest BCUT2D eigenvalue weighted by Crippen LogP contribution is 2.41. The first-order valence-electron chi connectivity index (χ1n) is 6.65. The first-order valence-corrected chi connectivity index (χ1v) is 7.03. The molecule has 0 bridgehead atoms. The van der Waals surface area contributed by atoms with E-state index < -0.39 is 0 Å². The van der Waals surface area contributed by atoms with Crippen molar-refractivity contribution in [3.8, 4) is 0 Å². The van der Waals surface area contributed by atoms with E-state index in [4.69, 9.17) is 11.6 Å². The van der Waals surface area contributed by atoms with E-state index in [1.165, 1.54) is 5.56 Å². The van der Waals surface area contributed by atoms with Gasteiger partial charge in [-0.1, -0.05) is 23.7 Å². The number of benzene rings is 1. The highest BCUT2D eigenvalue weighted by molar-refractivity contribution is 6.30. The molecule has 2 atom stereocenters. The summed E-state index contributed by atoms with van der Waals surface area (Å²) in [7, 11) is 1.84. The molecule has 1 aromatic carbocycles. The van der Waals surface area contributed by atoms with E-state index in [0.717, 1.165) is 17.1 Å². The summed E-state index contributed by atoms with van der Waals surface area (Å²) in [6.45, 7) is 0. The molecular formula is C15H16ClN3O. The number of nitrogens with zero attached hydrogens (tertiary/aromatic N) is 2. The zero-order valence-corrected chi connectivity index (χ0v) is 12.0. The topological polar surface area (TPSA) is 46.9 Å². The van der Waals surface area contributed by atoms with Gasteiger partial charge in [0.25, 0.3) is 0 Å². The van der Waals surface area contributed by atoms with Gasteiger partial charge in [0, 0.05) is 30.2 Å². The molecule has 0 aliphatic heterocycles. The minimum Gasteiger partial charge on any atom is -0.352 e. The van der Waals surface area contributed by atoms with Crippen LogP contribution in [0.2, 0.25) is 5.02 Å². The summed E-state index contributed by atoms with van der Waals surface area (Å²) in [5.74, 6) is 0.416. The number of carbonyl (C=O) groups is 1. The summed E-state index contributed by atoms with van der Waals surface area (Å²) in [5.41, 5.74) is 1.99. The number of amides is 1. The predicted octanol–water partition coefficient (Wildman–Crippen LogP) is 2.29. The van der Waals surface area contributed by atoms with E-state index in [2.05, 4.69) is 16.5 Å². The summed E-state index contributed by atoms with van der Waals surface area (Å²) >= 11 is 5.98. The van der Waals surface area contributed by atoms with Crippen molar-refractivity contribution < 1.29 is 4.79 Å². The van der Waals surface area contributed by atoms with Crippen LogP contribution in [-0.2, 0) is 18.3 Å². The van der Waals surface area contributed by atoms with Crippen molar-refractivity contribution in [1.82, 2.24) is 15.1 Å². The van der Waals surface area contributed by atoms with Crippen LogP contribution in [0, 0.1) is 0 Å². The molecule has 1 aromatic heterocycles. The van der Waals surface area contributed by atoms with Crippen molar-refractivity contribution >= 4 is 17.5 Å². The average Bonchev–Trinajstić information content (AvgIpc) is 3.04. The maximum Gasteiger partial charge on any atom is 0.226 e. The Morgan fingerprint density at radius 2 is 2.35 bits per heavy atom. The molecule has 104 valence electrons. The number of aryl methyl sites for hydroxylation is 1. The Morgan fingerprint density at radius 3 is 3.05 bits per heavy atom. The molecule has 0 radical (unpaired) electrons. The van der Waals surface area contributed by atoms with Gasteiger partial charge < -0.3 is 5.32 Å². The number of aromatic nitrogens is 2.